The summed E-state index contributed by atoms with van der Waals surface area (Å²) in [5.74, 6) is 0.167. The number of nitrogens with one attached hydrogen (secondary N) is 2. The summed E-state index contributed by atoms with van der Waals surface area (Å²) in [6.45, 7) is 3.47. The maximum Gasteiger partial charge on any atom is 0.239 e. The first-order valence-electron chi connectivity index (χ1n) is 9.23. The van der Waals surface area contributed by atoms with Gasteiger partial charge in [0.25, 0.3) is 0 Å². The van der Waals surface area contributed by atoms with Crippen molar-refractivity contribution in [2.45, 2.75) is 32.3 Å². The zero-order valence-electron chi connectivity index (χ0n) is 15.2. The van der Waals surface area contributed by atoms with E-state index < -0.39 is 0 Å². The monoisotopic (exact) mass is 354 g/mol. The topological polar surface area (TPSA) is 67.4 Å². The molecule has 1 aliphatic rings. The molecule has 1 heterocycles. The van der Waals surface area contributed by atoms with Gasteiger partial charge < -0.3 is 15.4 Å². The second-order valence-electron chi connectivity index (χ2n) is 6.97. The summed E-state index contributed by atoms with van der Waals surface area (Å²) in [5, 5.41) is 7.81. The van der Waals surface area contributed by atoms with E-state index in [4.69, 9.17) is 4.74 Å². The van der Waals surface area contributed by atoms with Crippen LogP contribution in [0.1, 0.15) is 25.3 Å². The van der Waals surface area contributed by atoms with E-state index in [-0.39, 0.29) is 30.9 Å². The van der Waals surface area contributed by atoms with E-state index in [9.17, 15) is 9.59 Å². The first kappa shape index (κ1) is 18.4. The molecule has 1 aliphatic heterocycles. The Morgan fingerprint density at radius 1 is 1.08 bits per heavy atom. The molecular weight excluding hydrogens is 328 g/mol. The first-order chi connectivity index (χ1) is 12.6. The van der Waals surface area contributed by atoms with E-state index >= 15 is 0 Å². The highest BCUT2D eigenvalue weighted by Crippen LogP contribution is 2.19. The predicted octanol–water partition coefficient (Wildman–Crippen LogP) is 2.43. The zero-order chi connectivity index (χ0) is 18.4. The number of hydrogen-bond donors (Lipinski definition) is 2. The lowest BCUT2D eigenvalue weighted by Gasteiger charge is -2.27. The summed E-state index contributed by atoms with van der Waals surface area (Å²) in [6, 6.07) is 13.9. The Hall–Kier alpha value is -2.40. The van der Waals surface area contributed by atoms with Crippen LogP contribution in [0.3, 0.4) is 0 Å². The quantitative estimate of drug-likeness (QED) is 0.837. The van der Waals surface area contributed by atoms with Crippen molar-refractivity contribution in [3.8, 4) is 0 Å². The summed E-state index contributed by atoms with van der Waals surface area (Å²) < 4.78 is 5.51. The Balaban J connectivity index is 1.44. The maximum absolute atomic E-state index is 12.2. The highest BCUT2D eigenvalue weighted by molar-refractivity contribution is 5.91. The molecule has 2 aromatic carbocycles. The van der Waals surface area contributed by atoms with Crippen LogP contribution in [-0.2, 0) is 20.7 Å². The second-order valence-corrected chi connectivity index (χ2v) is 6.97. The molecule has 2 aromatic rings. The van der Waals surface area contributed by atoms with Crippen LogP contribution in [0.25, 0.3) is 10.8 Å². The third kappa shape index (κ3) is 5.05. The normalized spacial score (nSPS) is 19.9. The Morgan fingerprint density at radius 3 is 2.73 bits per heavy atom. The van der Waals surface area contributed by atoms with Gasteiger partial charge in [-0.2, -0.15) is 0 Å². The van der Waals surface area contributed by atoms with Crippen molar-refractivity contribution in [3.05, 3.63) is 48.0 Å². The molecule has 138 valence electrons. The van der Waals surface area contributed by atoms with Gasteiger partial charge in [-0.25, -0.2) is 0 Å². The molecule has 1 fully saturated rings. The maximum atomic E-state index is 12.2. The molecule has 2 atom stereocenters. The smallest absolute Gasteiger partial charge is 0.239 e. The Morgan fingerprint density at radius 2 is 1.88 bits per heavy atom. The Labute approximate surface area is 154 Å². The molecule has 0 spiro atoms. The van der Waals surface area contributed by atoms with Gasteiger partial charge in [0.2, 0.25) is 11.8 Å². The summed E-state index contributed by atoms with van der Waals surface area (Å²) in [6.07, 6.45) is 2.46. The third-order valence-corrected chi connectivity index (χ3v) is 4.86. The molecule has 5 nitrogen and oxygen atoms in total. The third-order valence-electron chi connectivity index (χ3n) is 4.86. The van der Waals surface area contributed by atoms with Gasteiger partial charge >= 0.3 is 0 Å². The molecular formula is C21H26N2O3. The van der Waals surface area contributed by atoms with Crippen LogP contribution >= 0.6 is 0 Å². The van der Waals surface area contributed by atoms with Crippen LogP contribution in [0.5, 0.6) is 0 Å². The molecule has 0 radical (unpaired) electrons. The molecule has 26 heavy (non-hydrogen) atoms. The van der Waals surface area contributed by atoms with Crippen molar-refractivity contribution < 1.29 is 14.3 Å². The average molecular weight is 354 g/mol. The minimum atomic E-state index is -0.143. The summed E-state index contributed by atoms with van der Waals surface area (Å²) >= 11 is 0. The number of amides is 2. The van der Waals surface area contributed by atoms with Gasteiger partial charge in [0, 0.05) is 13.2 Å². The Bertz CT molecular complexity index is 769. The molecule has 0 aliphatic carbocycles. The molecule has 0 aromatic heterocycles. The zero-order valence-corrected chi connectivity index (χ0v) is 15.2. The van der Waals surface area contributed by atoms with Crippen LogP contribution < -0.4 is 10.6 Å². The molecule has 2 N–H and O–H groups in total. The van der Waals surface area contributed by atoms with E-state index in [1.54, 1.807) is 0 Å². The van der Waals surface area contributed by atoms with Crippen LogP contribution in [0.2, 0.25) is 0 Å². The number of ether oxygens (including phenoxy) is 1. The number of carbonyl (C=O) groups is 2. The predicted molar refractivity (Wildman–Crippen MR) is 102 cm³/mol. The highest BCUT2D eigenvalue weighted by Gasteiger charge is 2.19. The van der Waals surface area contributed by atoms with E-state index in [0.717, 1.165) is 35.8 Å². The lowest BCUT2D eigenvalue weighted by molar-refractivity contribution is -0.126. The summed E-state index contributed by atoms with van der Waals surface area (Å²) in [4.78, 5) is 24.2. The number of benzene rings is 2. The number of rotatable bonds is 6. The van der Waals surface area contributed by atoms with E-state index in [0.29, 0.717) is 12.5 Å². The van der Waals surface area contributed by atoms with E-state index in [1.807, 2.05) is 42.5 Å². The number of hydrogen-bond acceptors (Lipinski definition) is 3. The van der Waals surface area contributed by atoms with Crippen LogP contribution in [0, 0.1) is 5.92 Å². The molecule has 3 rings (SSSR count). The fraction of sp³-hybridized carbons (Fsp3) is 0.429. The van der Waals surface area contributed by atoms with Gasteiger partial charge in [0.15, 0.2) is 0 Å². The van der Waals surface area contributed by atoms with Crippen molar-refractivity contribution in [1.29, 1.82) is 0 Å². The standard InChI is InChI=1S/C21H26N2O3/c1-15-11-16(9-10-26-15)13-22-21(25)14-23-20(24)12-18-7-4-6-17-5-2-3-8-19(17)18/h2-8,15-16H,9-14H2,1H3,(H,22,25)(H,23,24)/t15-,16+/m0/s1. The average Bonchev–Trinajstić information content (AvgIpc) is 2.65. The fourth-order valence-corrected chi connectivity index (χ4v) is 3.46. The van der Waals surface area contributed by atoms with E-state index in [1.165, 1.54) is 0 Å². The molecule has 1 saturated heterocycles. The Kier molecular flexibility index (Phi) is 6.23. The SMILES string of the molecule is C[C@H]1C[C@H](CNC(=O)CNC(=O)Cc2cccc3ccccc23)CCO1. The van der Waals surface area contributed by atoms with Gasteiger partial charge in [0.1, 0.15) is 0 Å². The minimum absolute atomic E-state index is 0.0162. The molecule has 2 amide bonds. The molecule has 0 bridgehead atoms. The molecule has 5 heteroatoms. The lowest BCUT2D eigenvalue weighted by atomic mass is 9.96. The summed E-state index contributed by atoms with van der Waals surface area (Å²) in [5.41, 5.74) is 0.970. The van der Waals surface area contributed by atoms with Crippen molar-refractivity contribution in [2.75, 3.05) is 19.7 Å². The van der Waals surface area contributed by atoms with Gasteiger partial charge in [-0.05, 0) is 42.0 Å². The number of carbonyl (C=O) groups excluding carboxylic acids is 2. The van der Waals surface area contributed by atoms with Crippen molar-refractivity contribution in [1.82, 2.24) is 10.6 Å². The largest absolute Gasteiger partial charge is 0.378 e. The van der Waals surface area contributed by atoms with Crippen molar-refractivity contribution in [2.24, 2.45) is 5.92 Å². The fourth-order valence-electron chi connectivity index (χ4n) is 3.46. The number of fused-ring (bicyclic) bond motifs is 1. The van der Waals surface area contributed by atoms with E-state index in [2.05, 4.69) is 17.6 Å². The highest BCUT2D eigenvalue weighted by atomic mass is 16.5. The van der Waals surface area contributed by atoms with Gasteiger partial charge in [-0.15, -0.1) is 0 Å². The molecule has 0 unspecified atom stereocenters. The van der Waals surface area contributed by atoms with Crippen LogP contribution in [0.15, 0.2) is 42.5 Å². The second kappa shape index (κ2) is 8.81. The van der Waals surface area contributed by atoms with Crippen LogP contribution in [-0.4, -0.2) is 37.6 Å². The molecule has 0 saturated carbocycles. The van der Waals surface area contributed by atoms with Gasteiger partial charge in [0.05, 0.1) is 19.1 Å². The summed E-state index contributed by atoms with van der Waals surface area (Å²) in [7, 11) is 0. The van der Waals surface area contributed by atoms with Crippen molar-refractivity contribution >= 4 is 22.6 Å². The van der Waals surface area contributed by atoms with Crippen molar-refractivity contribution in [3.63, 3.8) is 0 Å². The minimum Gasteiger partial charge on any atom is -0.378 e. The van der Waals surface area contributed by atoms with Gasteiger partial charge in [-0.1, -0.05) is 42.5 Å². The lowest BCUT2D eigenvalue weighted by Crippen LogP contribution is -2.40. The first-order valence-corrected chi connectivity index (χ1v) is 9.23. The van der Waals surface area contributed by atoms with Gasteiger partial charge in [-0.3, -0.25) is 9.59 Å². The van der Waals surface area contributed by atoms with Crippen LogP contribution in [0.4, 0.5) is 0 Å².